The number of halogens is 2. The first-order chi connectivity index (χ1) is 29.8. The third-order valence-corrected chi connectivity index (χ3v) is 12.7. The zero-order chi connectivity index (χ0) is 43.4. The van der Waals surface area contributed by atoms with E-state index in [1.165, 1.54) is 12.1 Å². The molecule has 0 aliphatic carbocycles. The van der Waals surface area contributed by atoms with Gasteiger partial charge in [-0.3, -0.25) is 24.7 Å². The first-order valence-electron chi connectivity index (χ1n) is 21.3. The number of guanidine groups is 1. The number of fused-ring (bicyclic) bond motifs is 7. The van der Waals surface area contributed by atoms with Crippen LogP contribution >= 0.6 is 0 Å². The molecule has 0 saturated carbocycles. The number of amides is 3. The van der Waals surface area contributed by atoms with Crippen molar-refractivity contribution in [3.63, 3.8) is 0 Å². The lowest BCUT2D eigenvalue weighted by Gasteiger charge is -2.46. The topological polar surface area (TPSA) is 144 Å². The molecule has 3 atom stereocenters. The Balaban J connectivity index is 0.886. The molecular formula is C45H52F2N11O4+. The van der Waals surface area contributed by atoms with Crippen molar-refractivity contribution in [2.75, 3.05) is 79.5 Å². The van der Waals surface area contributed by atoms with Gasteiger partial charge in [-0.25, -0.2) is 22.9 Å². The largest absolute Gasteiger partial charge is 0.477 e. The molecule has 3 saturated heterocycles. The molecule has 62 heavy (non-hydrogen) atoms. The number of imide groups is 1. The number of nitrogens with zero attached hydrogens (tertiary/aromatic N) is 9. The molecule has 3 amide bonds. The number of aromatic nitrogens is 3. The fourth-order valence-electron chi connectivity index (χ4n) is 9.44. The van der Waals surface area contributed by atoms with Crippen molar-refractivity contribution >= 4 is 53.1 Å². The van der Waals surface area contributed by atoms with Crippen LogP contribution in [0, 0.1) is 30.4 Å². The van der Waals surface area contributed by atoms with Crippen LogP contribution in [0.3, 0.4) is 0 Å². The van der Waals surface area contributed by atoms with E-state index < -0.39 is 29.4 Å². The summed E-state index contributed by atoms with van der Waals surface area (Å²) < 4.78 is 40.5. The number of nitrogens with one attached hydrogen (secondary N) is 2. The highest BCUT2D eigenvalue weighted by Gasteiger charge is 2.39. The van der Waals surface area contributed by atoms with Crippen molar-refractivity contribution in [3.05, 3.63) is 77.1 Å². The van der Waals surface area contributed by atoms with Crippen LogP contribution in [0.2, 0.25) is 0 Å². The lowest BCUT2D eigenvalue weighted by atomic mass is 9.89. The summed E-state index contributed by atoms with van der Waals surface area (Å²) >= 11 is 0. The van der Waals surface area contributed by atoms with Gasteiger partial charge in [-0.15, -0.1) is 0 Å². The van der Waals surface area contributed by atoms with Crippen molar-refractivity contribution in [1.29, 1.82) is 0 Å². The maximum absolute atomic E-state index is 15.3. The van der Waals surface area contributed by atoms with Gasteiger partial charge in [0.25, 0.3) is 5.91 Å². The Kier molecular flexibility index (Phi) is 11.0. The van der Waals surface area contributed by atoms with Crippen molar-refractivity contribution in [1.82, 2.24) is 25.0 Å². The summed E-state index contributed by atoms with van der Waals surface area (Å²) in [4.78, 5) is 56.1. The van der Waals surface area contributed by atoms with Crippen LogP contribution in [0.5, 0.6) is 5.88 Å². The maximum atomic E-state index is 15.3. The second kappa shape index (κ2) is 16.6. The fourth-order valence-corrected chi connectivity index (χ4v) is 9.44. The molecule has 4 aromatic rings. The van der Waals surface area contributed by atoms with Gasteiger partial charge < -0.3 is 24.8 Å². The predicted molar refractivity (Wildman–Crippen MR) is 232 cm³/mol. The van der Waals surface area contributed by atoms with Gasteiger partial charge in [0.2, 0.25) is 29.8 Å². The summed E-state index contributed by atoms with van der Waals surface area (Å²) in [5.41, 5.74) is 5.51. The molecule has 0 radical (unpaired) electrons. The number of carbonyl (C=O) groups excluding carboxylic acids is 3. The average Bonchev–Trinajstić information content (AvgIpc) is 3.75. The number of ether oxygens (including phenoxy) is 1. The van der Waals surface area contributed by atoms with Gasteiger partial charge in [-0.1, -0.05) is 6.92 Å². The highest BCUT2D eigenvalue weighted by molar-refractivity contribution is 6.19. The zero-order valence-electron chi connectivity index (χ0n) is 35.5. The van der Waals surface area contributed by atoms with E-state index in [-0.39, 0.29) is 42.3 Å². The molecule has 17 heteroatoms. The third-order valence-electron chi connectivity index (χ3n) is 12.7. The molecule has 2 N–H and O–H groups in total. The number of hydrogen-bond donors (Lipinski definition) is 2. The van der Waals surface area contributed by atoms with Crippen molar-refractivity contribution in [2.24, 2.45) is 23.9 Å². The van der Waals surface area contributed by atoms with Crippen molar-refractivity contribution in [3.8, 4) is 17.1 Å². The highest BCUT2D eigenvalue weighted by atomic mass is 19.1. The molecule has 324 valence electrons. The number of aryl methyl sites for hydroxylation is 2. The van der Waals surface area contributed by atoms with Crippen LogP contribution in [-0.2, 0) is 16.6 Å². The molecule has 5 aliphatic heterocycles. The van der Waals surface area contributed by atoms with Gasteiger partial charge in [0.1, 0.15) is 25.4 Å². The lowest BCUT2D eigenvalue weighted by molar-refractivity contribution is -0.556. The van der Waals surface area contributed by atoms with Gasteiger partial charge >= 0.3 is 0 Å². The summed E-state index contributed by atoms with van der Waals surface area (Å²) in [6.07, 6.45) is 3.59. The lowest BCUT2D eigenvalue weighted by Crippen LogP contribution is -2.61. The summed E-state index contributed by atoms with van der Waals surface area (Å²) in [6, 6.07) is 12.4. The molecule has 2 aromatic carbocycles. The molecule has 2 aromatic heterocycles. The Morgan fingerprint density at radius 1 is 0.952 bits per heavy atom. The monoisotopic (exact) mass is 848 g/mol. The van der Waals surface area contributed by atoms with Gasteiger partial charge in [-0.2, -0.15) is 10.1 Å². The Labute approximate surface area is 359 Å². The number of benzene rings is 2. The van der Waals surface area contributed by atoms with Crippen LogP contribution in [0.25, 0.3) is 11.3 Å². The SMILES string of the molecule is C=[N+](C)[C@H]1CN(c2ccc3c(c2)N2C[C@H](C)CCCOc4c(cnn4C)-c4cc(cc(C)n4)C(=O)/N=C/2N3)CCN1CC1CN(c2cc(F)c([C@H]3CCC(=O)NC3=O)c(F)c2)C1. The van der Waals surface area contributed by atoms with E-state index in [0.717, 1.165) is 55.1 Å². The zero-order valence-corrected chi connectivity index (χ0v) is 35.5. The summed E-state index contributed by atoms with van der Waals surface area (Å²) in [5, 5.41) is 10.0. The minimum atomic E-state index is -1.03. The minimum absolute atomic E-state index is 0.0123. The molecule has 7 heterocycles. The second-order valence-electron chi connectivity index (χ2n) is 17.4. The van der Waals surface area contributed by atoms with E-state index in [1.807, 2.05) is 30.5 Å². The second-order valence-corrected chi connectivity index (χ2v) is 17.4. The quantitative estimate of drug-likeness (QED) is 0.158. The summed E-state index contributed by atoms with van der Waals surface area (Å²) in [6.45, 7) is 13.9. The molecule has 15 nitrogen and oxygen atoms in total. The van der Waals surface area contributed by atoms with Crippen LogP contribution in [0.15, 0.2) is 53.7 Å². The molecule has 0 unspecified atom stereocenters. The number of piperidine rings is 1. The number of aliphatic imine (C=N–C) groups is 1. The summed E-state index contributed by atoms with van der Waals surface area (Å²) in [7, 11) is 3.82. The number of piperazine rings is 1. The van der Waals surface area contributed by atoms with E-state index in [4.69, 9.17) is 9.72 Å². The highest BCUT2D eigenvalue weighted by Crippen LogP contribution is 2.39. The molecular weight excluding hydrogens is 797 g/mol. The van der Waals surface area contributed by atoms with E-state index >= 15 is 8.78 Å². The Bertz CT molecular complexity index is 2480. The molecule has 5 aliphatic rings. The van der Waals surface area contributed by atoms with Crippen LogP contribution in [0.4, 0.5) is 31.5 Å². The van der Waals surface area contributed by atoms with Gasteiger partial charge in [0.15, 0.2) is 0 Å². The Morgan fingerprint density at radius 3 is 2.50 bits per heavy atom. The number of pyridine rings is 1. The normalized spacial score (nSPS) is 23.1. The van der Waals surface area contributed by atoms with Crippen molar-refractivity contribution < 1.29 is 32.5 Å². The maximum Gasteiger partial charge on any atom is 0.280 e. The van der Waals surface area contributed by atoms with Crippen molar-refractivity contribution in [2.45, 2.75) is 51.6 Å². The standard InChI is InChI=1S/C45H51F2N11O4/c1-26-7-6-14-62-44-33(20-48-54(44)5)37-16-29(15-27(2)49-37)42(60)52-45-50-36-10-8-30(19-38(36)58(45)21-26)55-12-13-56(40(25-55)53(3)4)22-28-23-57(24-28)31-17-34(46)41(35(47)18-31)32-9-11-39(59)51-43(32)61/h8,10,15-20,26,28,32,40H,3,6-7,9,11-14,21-25H2,1-2,4-5H3,(H-,50,51,52,59,60,61)/p+1/t26-,32-,40-/m1/s1. The predicted octanol–water partition coefficient (Wildman–Crippen LogP) is 4.75. The summed E-state index contributed by atoms with van der Waals surface area (Å²) in [5.74, 6) is -2.39. The molecule has 3 fully saturated rings. The number of hydrogen-bond acceptors (Lipinski definition) is 11. The smallest absolute Gasteiger partial charge is 0.280 e. The van der Waals surface area contributed by atoms with E-state index in [0.29, 0.717) is 67.3 Å². The van der Waals surface area contributed by atoms with E-state index in [9.17, 15) is 14.4 Å². The molecule has 2 bridgehead atoms. The number of likely N-dealkylation sites (N-methyl/N-ethyl adjacent to an activating group) is 1. The Hall–Kier alpha value is -6.23. The van der Waals surface area contributed by atoms with E-state index in [1.54, 1.807) is 23.0 Å². The number of anilines is 4. The fraction of sp³-hybridized carbons (Fsp3) is 0.444. The average molecular weight is 849 g/mol. The first-order valence-corrected chi connectivity index (χ1v) is 21.3. The number of rotatable bonds is 6. The van der Waals surface area contributed by atoms with Gasteiger partial charge in [0, 0.05) is 86.9 Å². The first kappa shape index (κ1) is 41.1. The number of carbonyl (C=O) groups is 3. The van der Waals surface area contributed by atoms with Crippen LogP contribution < -0.4 is 30.1 Å². The van der Waals surface area contributed by atoms with E-state index in [2.05, 4.69) is 67.3 Å². The minimum Gasteiger partial charge on any atom is -0.477 e. The van der Waals surface area contributed by atoms with Crippen LogP contribution in [-0.4, -0.2) is 120 Å². The third kappa shape index (κ3) is 8.00. The van der Waals surface area contributed by atoms with Crippen LogP contribution in [0.1, 0.15) is 60.1 Å². The molecule has 0 spiro atoms. The van der Waals surface area contributed by atoms with Gasteiger partial charge in [0.05, 0.1) is 47.9 Å². The van der Waals surface area contributed by atoms with Gasteiger partial charge in [-0.05, 0) is 74.6 Å². The molecule has 9 rings (SSSR count). The Morgan fingerprint density at radius 2 is 1.74 bits per heavy atom.